The molecule has 0 aliphatic heterocycles. The Morgan fingerprint density at radius 2 is 2.24 bits per heavy atom. The lowest BCUT2D eigenvalue weighted by Gasteiger charge is -2.04. The number of benzene rings is 1. The molecule has 0 aliphatic rings. The Hall–Kier alpha value is -1.37. The van der Waals surface area contributed by atoms with E-state index in [1.54, 1.807) is 24.3 Å². The first kappa shape index (κ1) is 13.7. The summed E-state index contributed by atoms with van der Waals surface area (Å²) in [5, 5.41) is 3.08. The molecule has 0 aromatic heterocycles. The SMILES string of the molecule is O=C(Nc1cccc(Cl)c1)OCC#CCCCl. The molecule has 0 saturated heterocycles. The lowest BCUT2D eigenvalue weighted by molar-refractivity contribution is 0.176. The minimum Gasteiger partial charge on any atom is -0.436 e. The Balaban J connectivity index is 2.33. The molecule has 5 heteroatoms. The average molecular weight is 272 g/mol. The first-order valence-corrected chi connectivity index (χ1v) is 5.84. The molecule has 90 valence electrons. The van der Waals surface area contributed by atoms with Gasteiger partial charge < -0.3 is 4.74 Å². The molecule has 1 rings (SSSR count). The maximum absolute atomic E-state index is 11.3. The summed E-state index contributed by atoms with van der Waals surface area (Å²) in [7, 11) is 0. The molecule has 0 saturated carbocycles. The number of hydrogen-bond donors (Lipinski definition) is 1. The van der Waals surface area contributed by atoms with Gasteiger partial charge in [-0.2, -0.15) is 0 Å². The third-order valence-electron chi connectivity index (χ3n) is 1.69. The van der Waals surface area contributed by atoms with Crippen LogP contribution >= 0.6 is 23.2 Å². The lowest BCUT2D eigenvalue weighted by Crippen LogP contribution is -2.13. The van der Waals surface area contributed by atoms with Crippen molar-refractivity contribution in [3.05, 3.63) is 29.3 Å². The summed E-state index contributed by atoms with van der Waals surface area (Å²) < 4.78 is 4.82. The molecular formula is C12H11Cl2NO2. The van der Waals surface area contributed by atoms with E-state index < -0.39 is 6.09 Å². The highest BCUT2D eigenvalue weighted by Crippen LogP contribution is 2.14. The number of amides is 1. The molecule has 1 amide bonds. The van der Waals surface area contributed by atoms with Gasteiger partial charge >= 0.3 is 6.09 Å². The third-order valence-corrected chi connectivity index (χ3v) is 2.12. The number of nitrogens with one attached hydrogen (secondary N) is 1. The van der Waals surface area contributed by atoms with Crippen molar-refractivity contribution in [2.75, 3.05) is 17.8 Å². The monoisotopic (exact) mass is 271 g/mol. The highest BCUT2D eigenvalue weighted by Gasteiger charge is 2.01. The van der Waals surface area contributed by atoms with Gasteiger partial charge in [0.2, 0.25) is 0 Å². The standard InChI is InChI=1S/C12H11Cl2NO2/c13-7-2-1-3-8-17-12(16)15-11-6-4-5-10(14)9-11/h4-6,9H,2,7-8H2,(H,15,16). The van der Waals surface area contributed by atoms with Crippen LogP contribution in [0.15, 0.2) is 24.3 Å². The van der Waals surface area contributed by atoms with Crippen molar-refractivity contribution in [3.63, 3.8) is 0 Å². The van der Waals surface area contributed by atoms with Crippen LogP contribution in [-0.2, 0) is 4.74 Å². The number of anilines is 1. The number of ether oxygens (including phenoxy) is 1. The molecule has 0 radical (unpaired) electrons. The van der Waals surface area contributed by atoms with Crippen molar-refractivity contribution >= 4 is 35.0 Å². The van der Waals surface area contributed by atoms with E-state index in [1.165, 1.54) is 0 Å². The minimum absolute atomic E-state index is 0.0449. The normalized spacial score (nSPS) is 9.06. The van der Waals surface area contributed by atoms with Gasteiger partial charge in [0, 0.05) is 23.0 Å². The molecule has 3 nitrogen and oxygen atoms in total. The molecule has 0 unspecified atom stereocenters. The van der Waals surface area contributed by atoms with Gasteiger partial charge in [0.25, 0.3) is 0 Å². The van der Waals surface area contributed by atoms with Crippen LogP contribution in [0.1, 0.15) is 6.42 Å². The number of carbonyl (C=O) groups excluding carboxylic acids is 1. The highest BCUT2D eigenvalue weighted by atomic mass is 35.5. The van der Waals surface area contributed by atoms with E-state index in [0.717, 1.165) is 0 Å². The Kier molecular flexibility index (Phi) is 6.31. The second-order valence-corrected chi connectivity index (χ2v) is 3.82. The third kappa shape index (κ3) is 6.06. The smallest absolute Gasteiger partial charge is 0.412 e. The number of halogens is 2. The van der Waals surface area contributed by atoms with Crippen LogP contribution in [-0.4, -0.2) is 18.6 Å². The van der Waals surface area contributed by atoms with E-state index in [4.69, 9.17) is 27.9 Å². The van der Waals surface area contributed by atoms with Gasteiger partial charge in [-0.25, -0.2) is 4.79 Å². The van der Waals surface area contributed by atoms with Crippen LogP contribution in [0.2, 0.25) is 5.02 Å². The van der Waals surface area contributed by atoms with Crippen molar-refractivity contribution in [2.24, 2.45) is 0 Å². The van der Waals surface area contributed by atoms with Crippen LogP contribution < -0.4 is 5.32 Å². The van der Waals surface area contributed by atoms with Crippen molar-refractivity contribution in [1.29, 1.82) is 0 Å². The maximum atomic E-state index is 11.3. The predicted molar refractivity (Wildman–Crippen MR) is 69.5 cm³/mol. The van der Waals surface area contributed by atoms with Gasteiger partial charge in [-0.3, -0.25) is 5.32 Å². The van der Waals surface area contributed by atoms with Crippen LogP contribution in [0.3, 0.4) is 0 Å². The van der Waals surface area contributed by atoms with E-state index in [2.05, 4.69) is 17.2 Å². The Labute approximate surface area is 110 Å². The summed E-state index contributed by atoms with van der Waals surface area (Å²) >= 11 is 11.2. The fraction of sp³-hybridized carbons (Fsp3) is 0.250. The molecule has 0 fully saturated rings. The predicted octanol–water partition coefficient (Wildman–Crippen LogP) is 3.52. The van der Waals surface area contributed by atoms with Crippen LogP contribution in [0.4, 0.5) is 10.5 Å². The van der Waals surface area contributed by atoms with E-state index in [1.807, 2.05) is 0 Å². The molecule has 17 heavy (non-hydrogen) atoms. The quantitative estimate of drug-likeness (QED) is 0.675. The van der Waals surface area contributed by atoms with Gasteiger partial charge in [-0.05, 0) is 18.2 Å². The van der Waals surface area contributed by atoms with Gasteiger partial charge in [0.1, 0.15) is 0 Å². The second-order valence-electron chi connectivity index (χ2n) is 3.00. The van der Waals surface area contributed by atoms with Gasteiger partial charge in [0.15, 0.2) is 6.61 Å². The van der Waals surface area contributed by atoms with E-state index in [9.17, 15) is 4.79 Å². The van der Waals surface area contributed by atoms with Gasteiger partial charge in [-0.15, -0.1) is 11.6 Å². The fourth-order valence-electron chi connectivity index (χ4n) is 1.01. The average Bonchev–Trinajstić information content (AvgIpc) is 2.29. The Morgan fingerprint density at radius 3 is 2.94 bits per heavy atom. The molecule has 0 bridgehead atoms. The number of alkyl halides is 1. The van der Waals surface area contributed by atoms with Crippen LogP contribution in [0.5, 0.6) is 0 Å². The number of carbonyl (C=O) groups is 1. The van der Waals surface area contributed by atoms with Gasteiger partial charge in [0.05, 0.1) is 0 Å². The molecule has 0 heterocycles. The summed E-state index contributed by atoms with van der Waals surface area (Å²) in [5.41, 5.74) is 0.580. The zero-order valence-corrected chi connectivity index (χ0v) is 10.5. The van der Waals surface area contributed by atoms with E-state index in [0.29, 0.717) is 23.0 Å². The second kappa shape index (κ2) is 7.83. The zero-order chi connectivity index (χ0) is 12.5. The first-order valence-electron chi connectivity index (χ1n) is 4.93. The van der Waals surface area contributed by atoms with Crippen molar-refractivity contribution in [3.8, 4) is 11.8 Å². The molecule has 1 N–H and O–H groups in total. The van der Waals surface area contributed by atoms with Crippen molar-refractivity contribution < 1.29 is 9.53 Å². The minimum atomic E-state index is -0.563. The van der Waals surface area contributed by atoms with Gasteiger partial charge in [-0.1, -0.05) is 29.5 Å². The Bertz CT molecular complexity index is 438. The molecule has 0 atom stereocenters. The number of hydrogen-bond acceptors (Lipinski definition) is 2. The fourth-order valence-corrected chi connectivity index (χ4v) is 1.29. The molecule has 1 aromatic rings. The lowest BCUT2D eigenvalue weighted by atomic mass is 10.3. The molecule has 1 aromatic carbocycles. The van der Waals surface area contributed by atoms with Crippen LogP contribution in [0.25, 0.3) is 0 Å². The molecular weight excluding hydrogens is 261 g/mol. The summed E-state index contributed by atoms with van der Waals surface area (Å²) in [4.78, 5) is 11.3. The molecule has 0 aliphatic carbocycles. The summed E-state index contributed by atoms with van der Waals surface area (Å²) in [6, 6.07) is 6.79. The van der Waals surface area contributed by atoms with Crippen molar-refractivity contribution in [2.45, 2.75) is 6.42 Å². The van der Waals surface area contributed by atoms with E-state index in [-0.39, 0.29) is 6.61 Å². The van der Waals surface area contributed by atoms with Crippen LogP contribution in [0, 0.1) is 11.8 Å². The summed E-state index contributed by atoms with van der Waals surface area (Å²) in [6.07, 6.45) is 0.0216. The van der Waals surface area contributed by atoms with E-state index >= 15 is 0 Å². The highest BCUT2D eigenvalue weighted by molar-refractivity contribution is 6.30. The zero-order valence-electron chi connectivity index (χ0n) is 9.00. The summed E-state index contributed by atoms with van der Waals surface area (Å²) in [6.45, 7) is 0.0449. The first-order chi connectivity index (χ1) is 8.22. The number of rotatable bonds is 3. The molecule has 0 spiro atoms. The van der Waals surface area contributed by atoms with Crippen molar-refractivity contribution in [1.82, 2.24) is 0 Å². The topological polar surface area (TPSA) is 38.3 Å². The largest absolute Gasteiger partial charge is 0.436 e. The maximum Gasteiger partial charge on any atom is 0.412 e. The Morgan fingerprint density at radius 1 is 1.41 bits per heavy atom. The summed E-state index contributed by atoms with van der Waals surface area (Å²) in [5.74, 6) is 5.90.